The molecule has 110 valence electrons. The van der Waals surface area contributed by atoms with Crippen LogP contribution < -0.4 is 10.6 Å². The molecule has 0 aromatic rings. The monoisotopic (exact) mass is 270 g/mol. The van der Waals surface area contributed by atoms with Crippen molar-refractivity contribution >= 4 is 11.9 Å². The fraction of sp³-hybridized carbons (Fsp3) is 0.857. The first-order valence-electron chi connectivity index (χ1n) is 7.25. The molecule has 0 saturated heterocycles. The second-order valence-electron chi connectivity index (χ2n) is 5.50. The van der Waals surface area contributed by atoms with Crippen LogP contribution in [0.1, 0.15) is 51.9 Å². The minimum absolute atomic E-state index is 0.247. The number of rotatable bonds is 6. The molecule has 1 aliphatic carbocycles. The van der Waals surface area contributed by atoms with Gasteiger partial charge in [0.1, 0.15) is 6.04 Å². The second-order valence-corrected chi connectivity index (χ2v) is 5.50. The molecule has 1 saturated carbocycles. The number of likely N-dealkylation sites (N-methyl/N-ethyl adjacent to an activating group) is 1. The van der Waals surface area contributed by atoms with E-state index >= 15 is 0 Å². The molecule has 19 heavy (non-hydrogen) atoms. The van der Waals surface area contributed by atoms with Gasteiger partial charge in [0.05, 0.1) is 6.04 Å². The van der Waals surface area contributed by atoms with Crippen molar-refractivity contribution in [2.24, 2.45) is 5.92 Å². The highest BCUT2D eigenvalue weighted by molar-refractivity contribution is 5.86. The van der Waals surface area contributed by atoms with Crippen molar-refractivity contribution in [3.05, 3.63) is 0 Å². The first-order chi connectivity index (χ1) is 9.04. The van der Waals surface area contributed by atoms with Crippen LogP contribution in [0.25, 0.3) is 0 Å². The summed E-state index contributed by atoms with van der Waals surface area (Å²) in [7, 11) is 1.69. The van der Waals surface area contributed by atoms with Crippen LogP contribution in [0.2, 0.25) is 0 Å². The summed E-state index contributed by atoms with van der Waals surface area (Å²) in [6.45, 7) is 1.72. The Morgan fingerprint density at radius 2 is 1.79 bits per heavy atom. The second kappa shape index (κ2) is 8.15. The lowest BCUT2D eigenvalue weighted by Gasteiger charge is -2.22. The quantitative estimate of drug-likeness (QED) is 0.639. The molecule has 3 N–H and O–H groups in total. The molecule has 0 aliphatic heterocycles. The first-order valence-corrected chi connectivity index (χ1v) is 7.25. The fourth-order valence-corrected chi connectivity index (χ4v) is 2.58. The maximum absolute atomic E-state index is 11.8. The van der Waals surface area contributed by atoms with Gasteiger partial charge in [-0.05, 0) is 26.3 Å². The molecular weight excluding hydrogens is 244 g/mol. The minimum atomic E-state index is -0.930. The SMILES string of the molecule is CN[C@@H](C)C(=O)N[C@@H](CC1CCCCCC1)C(=O)O. The normalized spacial score (nSPS) is 20.3. The van der Waals surface area contributed by atoms with Gasteiger partial charge in [0, 0.05) is 0 Å². The van der Waals surface area contributed by atoms with Crippen LogP contribution in [0.5, 0.6) is 0 Å². The third-order valence-corrected chi connectivity index (χ3v) is 3.98. The summed E-state index contributed by atoms with van der Waals surface area (Å²) in [5, 5.41) is 14.7. The van der Waals surface area contributed by atoms with Gasteiger partial charge in [-0.1, -0.05) is 38.5 Å². The zero-order valence-electron chi connectivity index (χ0n) is 11.9. The number of hydrogen-bond acceptors (Lipinski definition) is 3. The molecule has 0 unspecified atom stereocenters. The molecule has 0 aromatic carbocycles. The van der Waals surface area contributed by atoms with E-state index in [-0.39, 0.29) is 11.9 Å². The average molecular weight is 270 g/mol. The standard InChI is InChI=1S/C14H26N2O3/c1-10(15-2)13(17)16-12(14(18)19)9-11-7-5-3-4-6-8-11/h10-12,15H,3-9H2,1-2H3,(H,16,17)(H,18,19)/t10-,12-/m0/s1. The number of amides is 1. The molecule has 1 rings (SSSR count). The van der Waals surface area contributed by atoms with E-state index in [9.17, 15) is 14.7 Å². The lowest BCUT2D eigenvalue weighted by atomic mass is 9.92. The molecule has 0 bridgehead atoms. The van der Waals surface area contributed by atoms with Crippen molar-refractivity contribution in [1.82, 2.24) is 10.6 Å². The van der Waals surface area contributed by atoms with Gasteiger partial charge in [-0.15, -0.1) is 0 Å². The van der Waals surface area contributed by atoms with Crippen LogP contribution in [0.4, 0.5) is 0 Å². The zero-order chi connectivity index (χ0) is 14.3. The maximum atomic E-state index is 11.8. The van der Waals surface area contributed by atoms with Gasteiger partial charge in [0.2, 0.25) is 5.91 Å². The summed E-state index contributed by atoms with van der Waals surface area (Å²) in [4.78, 5) is 23.0. The van der Waals surface area contributed by atoms with Crippen LogP contribution in [0.3, 0.4) is 0 Å². The van der Waals surface area contributed by atoms with Crippen molar-refractivity contribution in [3.63, 3.8) is 0 Å². The molecule has 0 aromatic heterocycles. The number of hydrogen-bond donors (Lipinski definition) is 3. The van der Waals surface area contributed by atoms with E-state index in [1.807, 2.05) is 0 Å². The van der Waals surface area contributed by atoms with E-state index in [0.717, 1.165) is 12.8 Å². The van der Waals surface area contributed by atoms with Crippen LogP contribution in [0.15, 0.2) is 0 Å². The van der Waals surface area contributed by atoms with Gasteiger partial charge in [-0.3, -0.25) is 4.79 Å². The fourth-order valence-electron chi connectivity index (χ4n) is 2.58. The molecule has 5 heteroatoms. The zero-order valence-corrected chi connectivity index (χ0v) is 11.9. The van der Waals surface area contributed by atoms with Crippen molar-refractivity contribution < 1.29 is 14.7 Å². The maximum Gasteiger partial charge on any atom is 0.326 e. The third kappa shape index (κ3) is 5.59. The van der Waals surface area contributed by atoms with Gasteiger partial charge in [-0.25, -0.2) is 4.79 Å². The summed E-state index contributed by atoms with van der Waals surface area (Å²) >= 11 is 0. The van der Waals surface area contributed by atoms with E-state index in [0.29, 0.717) is 12.3 Å². The molecule has 0 spiro atoms. The van der Waals surface area contributed by atoms with Crippen molar-refractivity contribution in [3.8, 4) is 0 Å². The largest absolute Gasteiger partial charge is 0.480 e. The Bertz CT molecular complexity index is 299. The van der Waals surface area contributed by atoms with Gasteiger partial charge < -0.3 is 15.7 Å². The van der Waals surface area contributed by atoms with E-state index in [2.05, 4.69) is 10.6 Å². The van der Waals surface area contributed by atoms with Crippen LogP contribution in [-0.2, 0) is 9.59 Å². The number of carboxylic acid groups (broad SMARTS) is 1. The topological polar surface area (TPSA) is 78.4 Å². The first kappa shape index (κ1) is 16.0. The lowest BCUT2D eigenvalue weighted by molar-refractivity contribution is -0.142. The van der Waals surface area contributed by atoms with Crippen LogP contribution in [-0.4, -0.2) is 36.1 Å². The Kier molecular flexibility index (Phi) is 6.84. The number of carboxylic acids is 1. The third-order valence-electron chi connectivity index (χ3n) is 3.98. The van der Waals surface area contributed by atoms with Crippen molar-refractivity contribution in [2.75, 3.05) is 7.05 Å². The Labute approximate surface area is 115 Å². The van der Waals surface area contributed by atoms with Crippen molar-refractivity contribution in [2.45, 2.75) is 64.0 Å². The molecular formula is C14H26N2O3. The molecule has 5 nitrogen and oxygen atoms in total. The molecule has 2 atom stereocenters. The number of nitrogens with one attached hydrogen (secondary N) is 2. The van der Waals surface area contributed by atoms with E-state index in [1.165, 1.54) is 25.7 Å². The molecule has 1 amide bonds. The van der Waals surface area contributed by atoms with Crippen LogP contribution in [0, 0.1) is 5.92 Å². The summed E-state index contributed by atoms with van der Waals surface area (Å²) in [6.07, 6.45) is 7.57. The Balaban J connectivity index is 2.52. The number of carbonyl (C=O) groups excluding carboxylic acids is 1. The lowest BCUT2D eigenvalue weighted by Crippen LogP contribution is -2.48. The molecule has 1 aliphatic rings. The molecule has 0 heterocycles. The van der Waals surface area contributed by atoms with E-state index < -0.39 is 12.0 Å². The highest BCUT2D eigenvalue weighted by Crippen LogP contribution is 2.26. The predicted octanol–water partition coefficient (Wildman–Crippen LogP) is 1.52. The summed E-state index contributed by atoms with van der Waals surface area (Å²) in [6, 6.07) is -1.12. The highest BCUT2D eigenvalue weighted by atomic mass is 16.4. The van der Waals surface area contributed by atoms with E-state index in [1.54, 1.807) is 14.0 Å². The summed E-state index contributed by atoms with van der Waals surface area (Å²) < 4.78 is 0. The van der Waals surface area contributed by atoms with Crippen molar-refractivity contribution in [1.29, 1.82) is 0 Å². The van der Waals surface area contributed by atoms with Gasteiger partial charge >= 0.3 is 5.97 Å². The molecule has 0 radical (unpaired) electrons. The molecule has 1 fully saturated rings. The summed E-state index contributed by atoms with van der Waals surface area (Å²) in [5.41, 5.74) is 0. The minimum Gasteiger partial charge on any atom is -0.480 e. The van der Waals surface area contributed by atoms with Gasteiger partial charge in [0.15, 0.2) is 0 Å². The summed E-state index contributed by atoms with van der Waals surface area (Å²) in [5.74, 6) is -0.752. The Hall–Kier alpha value is -1.10. The number of carbonyl (C=O) groups is 2. The van der Waals surface area contributed by atoms with E-state index in [4.69, 9.17) is 0 Å². The van der Waals surface area contributed by atoms with Gasteiger partial charge in [0.25, 0.3) is 0 Å². The van der Waals surface area contributed by atoms with Gasteiger partial charge in [-0.2, -0.15) is 0 Å². The number of aliphatic carboxylic acids is 1. The highest BCUT2D eigenvalue weighted by Gasteiger charge is 2.26. The average Bonchev–Trinajstić information content (AvgIpc) is 2.65. The van der Waals surface area contributed by atoms with Crippen LogP contribution >= 0.6 is 0 Å². The smallest absolute Gasteiger partial charge is 0.326 e. The predicted molar refractivity (Wildman–Crippen MR) is 73.9 cm³/mol. The Morgan fingerprint density at radius 1 is 1.21 bits per heavy atom. The Morgan fingerprint density at radius 3 is 2.26 bits per heavy atom.